The van der Waals surface area contributed by atoms with Crippen molar-refractivity contribution in [2.45, 2.75) is 11.6 Å². The third kappa shape index (κ3) is 4.16. The van der Waals surface area contributed by atoms with Gasteiger partial charge >= 0.3 is 6.18 Å². The van der Waals surface area contributed by atoms with Gasteiger partial charge < -0.3 is 14.9 Å². The zero-order valence-corrected chi connectivity index (χ0v) is 17.8. The van der Waals surface area contributed by atoms with E-state index in [2.05, 4.69) is 5.92 Å². The molecule has 34 heavy (non-hydrogen) atoms. The van der Waals surface area contributed by atoms with Crippen molar-refractivity contribution in [3.8, 4) is 35.3 Å². The molecule has 0 unspecified atom stereocenters. The third-order valence-electron chi connectivity index (χ3n) is 5.57. The van der Waals surface area contributed by atoms with Crippen LogP contribution in [0.15, 0.2) is 97.1 Å². The maximum absolute atomic E-state index is 15.0. The highest BCUT2D eigenvalue weighted by Crippen LogP contribution is 2.51. The minimum Gasteiger partial charge on any atom is -0.508 e. The molecule has 0 amide bonds. The number of ether oxygens (including phenoxy) is 1. The van der Waals surface area contributed by atoms with Crippen LogP contribution in [0.4, 0.5) is 13.2 Å². The summed E-state index contributed by atoms with van der Waals surface area (Å²) in [5.74, 6) is 3.05. The number of rotatable bonds is 5. The van der Waals surface area contributed by atoms with Gasteiger partial charge in [-0.25, -0.2) is 0 Å². The lowest BCUT2D eigenvalue weighted by molar-refractivity contribution is -0.166. The highest BCUT2D eigenvalue weighted by atomic mass is 19.4. The van der Waals surface area contributed by atoms with Crippen LogP contribution < -0.4 is 4.74 Å². The number of aromatic hydroxyl groups is 2. The summed E-state index contributed by atoms with van der Waals surface area (Å²) in [6.45, 7) is 0. The Labute approximate surface area is 194 Å². The average molecular weight is 460 g/mol. The first-order valence-electron chi connectivity index (χ1n) is 10.2. The maximum atomic E-state index is 15.0. The Bertz CT molecular complexity index is 1260. The van der Waals surface area contributed by atoms with E-state index in [0.29, 0.717) is 17.1 Å². The molecule has 0 atom stereocenters. The molecule has 4 rings (SSSR count). The molecule has 0 spiro atoms. The molecule has 0 fully saturated rings. The summed E-state index contributed by atoms with van der Waals surface area (Å²) in [6.07, 6.45) is 0.591. The van der Waals surface area contributed by atoms with E-state index >= 15 is 0 Å². The molecule has 0 aliphatic rings. The van der Waals surface area contributed by atoms with Gasteiger partial charge in [0.1, 0.15) is 28.4 Å². The Morgan fingerprint density at radius 2 is 0.941 bits per heavy atom. The lowest BCUT2D eigenvalue weighted by Crippen LogP contribution is -2.44. The fourth-order valence-electron chi connectivity index (χ4n) is 3.94. The van der Waals surface area contributed by atoms with Crippen LogP contribution in [0, 0.1) is 12.3 Å². The van der Waals surface area contributed by atoms with Crippen LogP contribution in [0.25, 0.3) is 0 Å². The molecule has 0 aromatic heterocycles. The first kappa shape index (κ1) is 22.8. The predicted octanol–water partition coefficient (Wildman–Crippen LogP) is 6.77. The Balaban J connectivity index is 1.83. The summed E-state index contributed by atoms with van der Waals surface area (Å²) >= 11 is 0. The van der Waals surface area contributed by atoms with Gasteiger partial charge in [-0.1, -0.05) is 42.3 Å². The van der Waals surface area contributed by atoms with E-state index in [1.165, 1.54) is 72.8 Å². The van der Waals surface area contributed by atoms with Crippen molar-refractivity contribution in [1.82, 2.24) is 0 Å². The summed E-state index contributed by atoms with van der Waals surface area (Å²) in [5.41, 5.74) is -2.09. The molecule has 2 N–H and O–H groups in total. The molecule has 4 aromatic rings. The molecule has 4 aromatic carbocycles. The van der Waals surface area contributed by atoms with Gasteiger partial charge in [-0.15, -0.1) is 6.42 Å². The van der Waals surface area contributed by atoms with E-state index in [0.717, 1.165) is 0 Å². The van der Waals surface area contributed by atoms with E-state index in [-0.39, 0.29) is 28.2 Å². The number of benzene rings is 4. The van der Waals surface area contributed by atoms with Gasteiger partial charge in [-0.3, -0.25) is 0 Å². The smallest absolute Gasteiger partial charge is 0.406 e. The molecule has 0 radical (unpaired) electrons. The number of halogens is 3. The number of phenolic OH excluding ortho intramolecular Hbond substituents is 2. The molecular weight excluding hydrogens is 441 g/mol. The fourth-order valence-corrected chi connectivity index (χ4v) is 3.94. The molecule has 6 heteroatoms. The summed E-state index contributed by atoms with van der Waals surface area (Å²) < 4.78 is 50.7. The van der Waals surface area contributed by atoms with Crippen LogP contribution in [0.2, 0.25) is 0 Å². The lowest BCUT2D eigenvalue weighted by atomic mass is 9.68. The van der Waals surface area contributed by atoms with Gasteiger partial charge in [0, 0.05) is 5.56 Å². The second-order valence-corrected chi connectivity index (χ2v) is 7.64. The first-order chi connectivity index (χ1) is 16.2. The van der Waals surface area contributed by atoms with E-state index in [9.17, 15) is 23.4 Å². The standard InChI is InChI=1S/C28H19F3O3/c1-2-19-3-15-25(16-4-19)34-26-17-9-22(10-18-26)27(28(29,30)31,20-5-11-23(32)12-6-20)21-7-13-24(33)14-8-21/h1,3-18,32-33H. The van der Waals surface area contributed by atoms with Gasteiger partial charge in [-0.2, -0.15) is 13.2 Å². The Kier molecular flexibility index (Phi) is 5.95. The van der Waals surface area contributed by atoms with Gasteiger partial charge in [0.2, 0.25) is 0 Å². The molecule has 0 saturated heterocycles. The van der Waals surface area contributed by atoms with Crippen molar-refractivity contribution in [2.75, 3.05) is 0 Å². The molecule has 3 nitrogen and oxygen atoms in total. The van der Waals surface area contributed by atoms with Crippen LogP contribution in [0.5, 0.6) is 23.0 Å². The zero-order chi connectivity index (χ0) is 24.3. The van der Waals surface area contributed by atoms with Crippen molar-refractivity contribution in [2.24, 2.45) is 0 Å². The second-order valence-electron chi connectivity index (χ2n) is 7.64. The Morgan fingerprint density at radius 1 is 0.588 bits per heavy atom. The summed E-state index contributed by atoms with van der Waals surface area (Å²) in [5, 5.41) is 19.3. The monoisotopic (exact) mass is 460 g/mol. The van der Waals surface area contributed by atoms with Gasteiger partial charge in [0.15, 0.2) is 0 Å². The van der Waals surface area contributed by atoms with Crippen LogP contribution in [-0.2, 0) is 5.41 Å². The van der Waals surface area contributed by atoms with Crippen molar-refractivity contribution in [1.29, 1.82) is 0 Å². The first-order valence-corrected chi connectivity index (χ1v) is 10.2. The quantitative estimate of drug-likeness (QED) is 0.255. The normalized spacial score (nSPS) is 11.6. The maximum Gasteiger partial charge on any atom is 0.406 e. The fraction of sp³-hybridized carbons (Fsp3) is 0.0714. The topological polar surface area (TPSA) is 49.7 Å². The van der Waals surface area contributed by atoms with Gasteiger partial charge in [0.05, 0.1) is 0 Å². The highest BCUT2D eigenvalue weighted by Gasteiger charge is 2.58. The van der Waals surface area contributed by atoms with Crippen molar-refractivity contribution < 1.29 is 28.1 Å². The van der Waals surface area contributed by atoms with E-state index in [1.54, 1.807) is 24.3 Å². The Hall–Kier alpha value is -4.37. The van der Waals surface area contributed by atoms with E-state index in [4.69, 9.17) is 11.2 Å². The summed E-state index contributed by atoms with van der Waals surface area (Å²) in [6, 6.07) is 22.2. The summed E-state index contributed by atoms with van der Waals surface area (Å²) in [4.78, 5) is 0. The molecule has 0 aliphatic heterocycles. The molecule has 170 valence electrons. The number of hydrogen-bond donors (Lipinski definition) is 2. The zero-order valence-electron chi connectivity index (χ0n) is 17.8. The van der Waals surface area contributed by atoms with Crippen molar-refractivity contribution in [3.05, 3.63) is 119 Å². The van der Waals surface area contributed by atoms with Crippen molar-refractivity contribution >= 4 is 0 Å². The van der Waals surface area contributed by atoms with Crippen LogP contribution >= 0.6 is 0 Å². The van der Waals surface area contributed by atoms with E-state index in [1.807, 2.05) is 0 Å². The number of terminal acetylenes is 1. The van der Waals surface area contributed by atoms with Crippen LogP contribution in [0.1, 0.15) is 22.3 Å². The number of phenols is 2. The third-order valence-corrected chi connectivity index (χ3v) is 5.57. The molecule has 0 heterocycles. The van der Waals surface area contributed by atoms with Crippen molar-refractivity contribution in [3.63, 3.8) is 0 Å². The average Bonchev–Trinajstić information content (AvgIpc) is 2.82. The SMILES string of the molecule is C#Cc1ccc(Oc2ccc(C(c3ccc(O)cc3)(c3ccc(O)cc3)C(F)(F)F)cc2)cc1. The minimum atomic E-state index is -4.76. The molecular formula is C28H19F3O3. The number of alkyl halides is 3. The highest BCUT2D eigenvalue weighted by molar-refractivity contribution is 5.55. The largest absolute Gasteiger partial charge is 0.508 e. The van der Waals surface area contributed by atoms with Crippen LogP contribution in [-0.4, -0.2) is 16.4 Å². The minimum absolute atomic E-state index is 0.0496. The summed E-state index contributed by atoms with van der Waals surface area (Å²) in [7, 11) is 0. The second kappa shape index (κ2) is 8.87. The molecule has 0 saturated carbocycles. The van der Waals surface area contributed by atoms with Gasteiger partial charge in [0.25, 0.3) is 0 Å². The predicted molar refractivity (Wildman–Crippen MR) is 123 cm³/mol. The van der Waals surface area contributed by atoms with E-state index < -0.39 is 11.6 Å². The molecule has 0 aliphatic carbocycles. The lowest BCUT2D eigenvalue weighted by Gasteiger charge is -2.37. The van der Waals surface area contributed by atoms with Gasteiger partial charge in [-0.05, 0) is 77.4 Å². The number of hydrogen-bond acceptors (Lipinski definition) is 3. The van der Waals surface area contributed by atoms with Crippen LogP contribution in [0.3, 0.4) is 0 Å². The Morgan fingerprint density at radius 3 is 1.29 bits per heavy atom. The molecule has 0 bridgehead atoms.